The van der Waals surface area contributed by atoms with Crippen molar-refractivity contribution in [3.05, 3.63) is 205 Å². The third-order valence-corrected chi connectivity index (χ3v) is 13.5. The average molecular weight is 765 g/mol. The molecule has 1 saturated carbocycles. The molecule has 8 aromatic rings. The summed E-state index contributed by atoms with van der Waals surface area (Å²) in [5.74, 6) is 3.08. The van der Waals surface area contributed by atoms with Gasteiger partial charge in [-0.1, -0.05) is 183 Å². The summed E-state index contributed by atoms with van der Waals surface area (Å²) in [5.41, 5.74) is 8.85. The van der Waals surface area contributed by atoms with Gasteiger partial charge in [-0.3, -0.25) is 0 Å². The maximum Gasteiger partial charge on any atom is 0.165 e. The van der Waals surface area contributed by atoms with E-state index in [2.05, 4.69) is 170 Å². The molecule has 0 bridgehead atoms. The molecule has 4 nitrogen and oxygen atoms in total. The standard InChI is InChI=1S/C53H40N4S/c1-35-26-27-38(36-16-6-2-7-17-36)30-31-57(53-34-41(28-29-46(53)48(35)53)37-18-8-3-9-19-37)42-32-44-43-24-14-15-25-47(43)58-49(44)45(33-42)52-55-50(39-20-10-4-11-21-39)54-51(56-52)40-22-12-5-13-23-40/h2-30,32-35,46,48H,31H2,1H3/b27-26-,38-30+. The second kappa shape index (κ2) is 14.0. The molecule has 0 amide bonds. The van der Waals surface area contributed by atoms with Gasteiger partial charge in [-0.25, -0.2) is 15.0 Å². The van der Waals surface area contributed by atoms with Crippen LogP contribution >= 0.6 is 11.3 Å². The lowest BCUT2D eigenvalue weighted by atomic mass is 9.93. The fourth-order valence-electron chi connectivity index (χ4n) is 9.44. The topological polar surface area (TPSA) is 41.9 Å². The van der Waals surface area contributed by atoms with E-state index in [0.717, 1.165) is 23.2 Å². The van der Waals surface area contributed by atoms with Gasteiger partial charge >= 0.3 is 0 Å². The number of hydrogen-bond acceptors (Lipinski definition) is 5. The number of fused-ring (bicyclic) bond motifs is 4. The average Bonchev–Trinajstić information content (AvgIpc) is 3.81. The Morgan fingerprint density at radius 3 is 1.78 bits per heavy atom. The van der Waals surface area contributed by atoms with E-state index in [9.17, 15) is 0 Å². The quantitative estimate of drug-likeness (QED) is 0.169. The number of allylic oxidation sites excluding steroid dienone is 5. The summed E-state index contributed by atoms with van der Waals surface area (Å²) in [7, 11) is 0. The van der Waals surface area contributed by atoms with Gasteiger partial charge in [0.2, 0.25) is 0 Å². The molecule has 5 heteroatoms. The minimum Gasteiger partial charge on any atom is -0.358 e. The molecule has 1 spiro atoms. The monoisotopic (exact) mass is 764 g/mol. The van der Waals surface area contributed by atoms with Gasteiger partial charge in [0.25, 0.3) is 0 Å². The first-order chi connectivity index (χ1) is 28.6. The molecular weight excluding hydrogens is 725 g/mol. The molecule has 2 aromatic heterocycles. The Hall–Kier alpha value is -6.69. The normalized spacial score (nSPS) is 22.5. The Morgan fingerprint density at radius 2 is 1.12 bits per heavy atom. The van der Waals surface area contributed by atoms with Crippen molar-refractivity contribution < 1.29 is 0 Å². The number of thiophene rings is 1. The highest BCUT2D eigenvalue weighted by Gasteiger charge is 2.67. The van der Waals surface area contributed by atoms with Crippen LogP contribution in [0.1, 0.15) is 18.1 Å². The van der Waals surface area contributed by atoms with Crippen LogP contribution in [-0.2, 0) is 0 Å². The lowest BCUT2D eigenvalue weighted by Crippen LogP contribution is -2.40. The minimum absolute atomic E-state index is 0.243. The summed E-state index contributed by atoms with van der Waals surface area (Å²) in [6.07, 6.45) is 14.7. The highest BCUT2D eigenvalue weighted by Crippen LogP contribution is 2.64. The molecule has 0 N–H and O–H groups in total. The van der Waals surface area contributed by atoms with E-state index >= 15 is 0 Å². The van der Waals surface area contributed by atoms with E-state index in [4.69, 9.17) is 15.0 Å². The van der Waals surface area contributed by atoms with Crippen molar-refractivity contribution in [2.75, 3.05) is 11.4 Å². The zero-order valence-electron chi connectivity index (χ0n) is 32.1. The predicted octanol–water partition coefficient (Wildman–Crippen LogP) is 13.0. The fraction of sp³-hybridized carbons (Fsp3) is 0.113. The van der Waals surface area contributed by atoms with Crippen LogP contribution in [0.4, 0.5) is 5.69 Å². The molecule has 11 rings (SSSR count). The van der Waals surface area contributed by atoms with E-state index in [1.165, 1.54) is 48.1 Å². The zero-order chi connectivity index (χ0) is 38.6. The first-order valence-corrected chi connectivity index (χ1v) is 21.0. The number of aromatic nitrogens is 3. The summed E-state index contributed by atoms with van der Waals surface area (Å²) in [6, 6.07) is 55.8. The number of benzene rings is 6. The van der Waals surface area contributed by atoms with Crippen molar-refractivity contribution in [3.63, 3.8) is 0 Å². The Balaban J connectivity index is 1.17. The van der Waals surface area contributed by atoms with E-state index in [1.807, 2.05) is 47.7 Å². The van der Waals surface area contributed by atoms with Crippen LogP contribution < -0.4 is 4.90 Å². The Morgan fingerprint density at radius 1 is 0.569 bits per heavy atom. The van der Waals surface area contributed by atoms with Crippen LogP contribution in [0.3, 0.4) is 0 Å². The smallest absolute Gasteiger partial charge is 0.165 e. The number of hydrogen-bond donors (Lipinski definition) is 0. The van der Waals surface area contributed by atoms with Gasteiger partial charge in [0.15, 0.2) is 17.5 Å². The van der Waals surface area contributed by atoms with Crippen LogP contribution in [-0.4, -0.2) is 27.0 Å². The van der Waals surface area contributed by atoms with Gasteiger partial charge in [0.05, 0.1) is 5.54 Å². The van der Waals surface area contributed by atoms with Gasteiger partial charge in [0.1, 0.15) is 0 Å². The van der Waals surface area contributed by atoms with Crippen molar-refractivity contribution in [1.82, 2.24) is 15.0 Å². The summed E-state index contributed by atoms with van der Waals surface area (Å²) in [6.45, 7) is 3.13. The number of rotatable bonds is 6. The minimum atomic E-state index is -0.243. The van der Waals surface area contributed by atoms with E-state index < -0.39 is 0 Å². The summed E-state index contributed by atoms with van der Waals surface area (Å²) >= 11 is 1.82. The molecule has 0 saturated heterocycles. The van der Waals surface area contributed by atoms with Crippen LogP contribution in [0.15, 0.2) is 194 Å². The zero-order valence-corrected chi connectivity index (χ0v) is 32.9. The van der Waals surface area contributed by atoms with Gasteiger partial charge < -0.3 is 4.90 Å². The maximum atomic E-state index is 5.30. The van der Waals surface area contributed by atoms with Gasteiger partial charge in [-0.15, -0.1) is 11.3 Å². The SMILES string of the molecule is CC1/C=C\C(c2ccccc2)=C/CN(c2cc(-c3nc(-c4ccccc4)nc(-c4ccccc4)n3)c3sc4ccccc4c3c2)C23C=C(c4ccccc4)C=CC2C13. The second-order valence-corrected chi connectivity index (χ2v) is 16.7. The van der Waals surface area contributed by atoms with E-state index in [1.54, 1.807) is 0 Å². The van der Waals surface area contributed by atoms with Crippen molar-refractivity contribution in [1.29, 1.82) is 0 Å². The predicted molar refractivity (Wildman–Crippen MR) is 242 cm³/mol. The van der Waals surface area contributed by atoms with Crippen molar-refractivity contribution in [2.45, 2.75) is 12.5 Å². The molecule has 4 unspecified atom stereocenters. The van der Waals surface area contributed by atoms with Crippen molar-refractivity contribution in [3.8, 4) is 34.2 Å². The Labute approximate surface area is 342 Å². The van der Waals surface area contributed by atoms with Crippen LogP contribution in [0.5, 0.6) is 0 Å². The second-order valence-electron chi connectivity index (χ2n) is 15.6. The molecule has 58 heavy (non-hydrogen) atoms. The van der Waals surface area contributed by atoms with Crippen molar-refractivity contribution in [2.24, 2.45) is 17.8 Å². The molecule has 0 radical (unpaired) electrons. The van der Waals surface area contributed by atoms with Crippen molar-refractivity contribution >= 4 is 48.3 Å². The highest BCUT2D eigenvalue weighted by molar-refractivity contribution is 7.26. The van der Waals surface area contributed by atoms with Gasteiger partial charge in [-0.05, 0) is 46.4 Å². The fourth-order valence-corrected chi connectivity index (χ4v) is 10.6. The van der Waals surface area contributed by atoms with Gasteiger partial charge in [-0.2, -0.15) is 0 Å². The van der Waals surface area contributed by atoms with Crippen LogP contribution in [0.25, 0.3) is 65.5 Å². The lowest BCUT2D eigenvalue weighted by Gasteiger charge is -2.36. The first-order valence-electron chi connectivity index (χ1n) is 20.1. The van der Waals surface area contributed by atoms with Gasteiger partial charge in [0, 0.05) is 60.9 Å². The summed E-state index contributed by atoms with van der Waals surface area (Å²) in [5, 5.41) is 2.47. The van der Waals surface area contributed by atoms with Crippen LogP contribution in [0.2, 0.25) is 0 Å². The summed E-state index contributed by atoms with van der Waals surface area (Å²) < 4.78 is 2.43. The molecule has 1 aliphatic heterocycles. The lowest BCUT2D eigenvalue weighted by molar-refractivity contribution is 0.545. The largest absolute Gasteiger partial charge is 0.358 e. The summed E-state index contributed by atoms with van der Waals surface area (Å²) in [4.78, 5) is 18.4. The van der Waals surface area contributed by atoms with Crippen LogP contribution in [0, 0.1) is 17.8 Å². The molecule has 3 aliphatic rings. The van der Waals surface area contributed by atoms with E-state index in [0.29, 0.717) is 35.2 Å². The first kappa shape index (κ1) is 34.5. The molecule has 4 atom stereocenters. The Bertz CT molecular complexity index is 2890. The third-order valence-electron chi connectivity index (χ3n) is 12.3. The molecular formula is C53H40N4S. The third kappa shape index (κ3) is 5.85. The maximum absolute atomic E-state index is 5.30. The molecule has 6 aromatic carbocycles. The Kier molecular flexibility index (Phi) is 8.37. The number of anilines is 1. The highest BCUT2D eigenvalue weighted by atomic mass is 32.1. The molecule has 3 heterocycles. The molecule has 2 aliphatic carbocycles. The van der Waals surface area contributed by atoms with E-state index in [-0.39, 0.29) is 5.54 Å². The molecule has 1 fully saturated rings. The molecule has 278 valence electrons. The number of nitrogens with zero attached hydrogens (tertiary/aromatic N) is 4.